The number of fused-ring (bicyclic) bond motifs is 1. The summed E-state index contributed by atoms with van der Waals surface area (Å²) in [7, 11) is 0. The van der Waals surface area contributed by atoms with E-state index in [4.69, 9.17) is 9.52 Å². The minimum absolute atomic E-state index is 0.279. The molecule has 1 aliphatic heterocycles. The molecule has 1 saturated heterocycles. The zero-order chi connectivity index (χ0) is 31.1. The van der Waals surface area contributed by atoms with E-state index in [1.165, 1.54) is 37.8 Å². The van der Waals surface area contributed by atoms with Crippen LogP contribution < -0.4 is 26.9 Å². The van der Waals surface area contributed by atoms with E-state index < -0.39 is 65.3 Å². The van der Waals surface area contributed by atoms with Crippen molar-refractivity contribution < 1.29 is 38.3 Å². The van der Waals surface area contributed by atoms with Crippen LogP contribution in [-0.2, 0) is 28.8 Å². The summed E-state index contributed by atoms with van der Waals surface area (Å²) < 4.78 is 5.20. The second-order valence-corrected chi connectivity index (χ2v) is 10.3. The topological polar surface area (TPSA) is 204 Å². The van der Waals surface area contributed by atoms with Crippen molar-refractivity contribution in [2.24, 2.45) is 0 Å². The molecule has 1 aromatic carbocycles. The van der Waals surface area contributed by atoms with Gasteiger partial charge in [-0.2, -0.15) is 0 Å². The van der Waals surface area contributed by atoms with E-state index in [2.05, 4.69) is 21.3 Å². The molecule has 0 aliphatic carbocycles. The van der Waals surface area contributed by atoms with Crippen LogP contribution in [0, 0.1) is 6.92 Å². The van der Waals surface area contributed by atoms with E-state index in [1.807, 2.05) is 0 Å². The van der Waals surface area contributed by atoms with Gasteiger partial charge in [-0.15, -0.1) is 0 Å². The lowest BCUT2D eigenvalue weighted by Gasteiger charge is -2.28. The Hall–Kier alpha value is -4.75. The van der Waals surface area contributed by atoms with Gasteiger partial charge < -0.3 is 35.7 Å². The molecule has 5 N–H and O–H groups in total. The Morgan fingerprint density at radius 2 is 1.64 bits per heavy atom. The number of nitrogens with zero attached hydrogens (tertiary/aromatic N) is 1. The number of carbonyl (C=O) groups is 6. The van der Waals surface area contributed by atoms with E-state index in [9.17, 15) is 33.6 Å². The number of hydrogen-bond acceptors (Lipinski definition) is 8. The number of carbonyl (C=O) groups excluding carboxylic acids is 5. The van der Waals surface area contributed by atoms with Crippen molar-refractivity contribution in [1.82, 2.24) is 20.9 Å². The molecule has 14 nitrogen and oxygen atoms in total. The first kappa shape index (κ1) is 31.8. The highest BCUT2D eigenvalue weighted by atomic mass is 16.4. The van der Waals surface area contributed by atoms with Crippen molar-refractivity contribution in [2.75, 3.05) is 11.9 Å². The number of carboxylic acids is 1. The fraction of sp³-hybridized carbons (Fsp3) is 0.464. The second-order valence-electron chi connectivity index (χ2n) is 10.3. The van der Waals surface area contributed by atoms with Crippen molar-refractivity contribution in [2.45, 2.75) is 77.5 Å². The predicted octanol–water partition coefficient (Wildman–Crippen LogP) is 0.410. The average molecular weight is 586 g/mol. The molecule has 5 amide bonds. The highest BCUT2D eigenvalue weighted by molar-refractivity contribution is 6.00. The van der Waals surface area contributed by atoms with Crippen molar-refractivity contribution in [1.29, 1.82) is 0 Å². The number of carboxylic acid groups (broad SMARTS) is 1. The van der Waals surface area contributed by atoms with Crippen molar-refractivity contribution in [3.05, 3.63) is 40.2 Å². The molecule has 226 valence electrons. The first-order valence-electron chi connectivity index (χ1n) is 13.5. The summed E-state index contributed by atoms with van der Waals surface area (Å²) in [5.74, 6) is -3.95. The number of anilines is 1. The van der Waals surface area contributed by atoms with Gasteiger partial charge in [0, 0.05) is 36.2 Å². The van der Waals surface area contributed by atoms with Gasteiger partial charge in [0.2, 0.25) is 29.5 Å². The molecular weight excluding hydrogens is 550 g/mol. The molecule has 4 atom stereocenters. The van der Waals surface area contributed by atoms with Gasteiger partial charge in [-0.05, 0) is 58.2 Å². The maximum absolute atomic E-state index is 13.1. The number of nitrogens with one attached hydrogen (secondary N) is 4. The Morgan fingerprint density at radius 3 is 2.33 bits per heavy atom. The van der Waals surface area contributed by atoms with Gasteiger partial charge in [0.25, 0.3) is 0 Å². The molecule has 4 unspecified atom stereocenters. The lowest BCUT2D eigenvalue weighted by Crippen LogP contribution is -2.56. The molecule has 2 aromatic rings. The van der Waals surface area contributed by atoms with Crippen LogP contribution in [0.5, 0.6) is 0 Å². The van der Waals surface area contributed by atoms with E-state index in [-0.39, 0.29) is 19.4 Å². The number of benzene rings is 1. The summed E-state index contributed by atoms with van der Waals surface area (Å²) in [6.45, 7) is 6.40. The molecule has 0 bridgehead atoms. The first-order valence-corrected chi connectivity index (χ1v) is 13.5. The van der Waals surface area contributed by atoms with Crippen molar-refractivity contribution in [3.63, 3.8) is 0 Å². The maximum Gasteiger partial charge on any atom is 0.336 e. The summed E-state index contributed by atoms with van der Waals surface area (Å²) in [5.41, 5.74) is 0.907. The fourth-order valence-corrected chi connectivity index (χ4v) is 4.58. The zero-order valence-corrected chi connectivity index (χ0v) is 23.8. The van der Waals surface area contributed by atoms with Crippen LogP contribution in [0.4, 0.5) is 5.69 Å². The molecule has 0 radical (unpaired) electrons. The standard InChI is InChI=1S/C28H35N5O9/c1-14-12-24(37)42-21-13-18(7-8-19(14)21)32-26(39)16(3)30-27(40)20-6-5-11-33(20)28(41)17(4)31-25(38)15(2)29-22(34)9-10-23(35)36/h7-8,12-13,15-17,20H,5-6,9-11H2,1-4H3,(H,29,34)(H,30,40)(H,31,38)(H,32,39)(H,35,36). The second kappa shape index (κ2) is 13.7. The number of rotatable bonds is 11. The molecule has 2 heterocycles. The SMILES string of the molecule is Cc1cc(=O)oc2cc(NC(=O)C(C)NC(=O)C3CCCN3C(=O)C(C)NC(=O)C(C)NC(=O)CCC(=O)O)ccc12. The van der Waals surface area contributed by atoms with Gasteiger partial charge in [0.1, 0.15) is 29.8 Å². The number of aliphatic carboxylic acids is 1. The number of hydrogen-bond donors (Lipinski definition) is 5. The molecule has 0 saturated carbocycles. The van der Waals surface area contributed by atoms with Gasteiger partial charge in [0.15, 0.2) is 0 Å². The zero-order valence-electron chi connectivity index (χ0n) is 23.8. The quantitative estimate of drug-likeness (QED) is 0.231. The number of likely N-dealkylation sites (tertiary alicyclic amines) is 1. The summed E-state index contributed by atoms with van der Waals surface area (Å²) >= 11 is 0. The Labute approximate surface area is 241 Å². The highest BCUT2D eigenvalue weighted by Gasteiger charge is 2.37. The van der Waals surface area contributed by atoms with Crippen LogP contribution in [0.3, 0.4) is 0 Å². The third-order valence-electron chi connectivity index (χ3n) is 6.88. The lowest BCUT2D eigenvalue weighted by molar-refractivity contribution is -0.142. The Kier molecular flexibility index (Phi) is 10.4. The van der Waals surface area contributed by atoms with Crippen LogP contribution in [-0.4, -0.2) is 76.2 Å². The summed E-state index contributed by atoms with van der Waals surface area (Å²) in [5, 5.41) is 19.6. The highest BCUT2D eigenvalue weighted by Crippen LogP contribution is 2.21. The fourth-order valence-electron chi connectivity index (χ4n) is 4.58. The predicted molar refractivity (Wildman–Crippen MR) is 150 cm³/mol. The van der Waals surface area contributed by atoms with Gasteiger partial charge in [-0.3, -0.25) is 28.8 Å². The van der Waals surface area contributed by atoms with E-state index >= 15 is 0 Å². The maximum atomic E-state index is 13.1. The Morgan fingerprint density at radius 1 is 0.952 bits per heavy atom. The Balaban J connectivity index is 1.54. The molecule has 3 rings (SSSR count). The van der Waals surface area contributed by atoms with Gasteiger partial charge >= 0.3 is 11.6 Å². The van der Waals surface area contributed by atoms with Crippen LogP contribution in [0.1, 0.15) is 52.0 Å². The van der Waals surface area contributed by atoms with Crippen LogP contribution in [0.2, 0.25) is 0 Å². The lowest BCUT2D eigenvalue weighted by atomic mass is 10.1. The smallest absolute Gasteiger partial charge is 0.336 e. The van der Waals surface area contributed by atoms with Crippen LogP contribution in [0.25, 0.3) is 11.0 Å². The van der Waals surface area contributed by atoms with Crippen molar-refractivity contribution in [3.8, 4) is 0 Å². The largest absolute Gasteiger partial charge is 0.481 e. The minimum atomic E-state index is -1.14. The monoisotopic (exact) mass is 585 g/mol. The summed E-state index contributed by atoms with van der Waals surface area (Å²) in [4.78, 5) is 86.9. The third-order valence-corrected chi connectivity index (χ3v) is 6.88. The number of aryl methyl sites for hydroxylation is 1. The minimum Gasteiger partial charge on any atom is -0.481 e. The number of amides is 5. The molecule has 1 aliphatic rings. The van der Waals surface area contributed by atoms with E-state index in [0.29, 0.717) is 24.1 Å². The molecule has 0 spiro atoms. The van der Waals surface area contributed by atoms with Gasteiger partial charge in [-0.25, -0.2) is 4.79 Å². The van der Waals surface area contributed by atoms with Gasteiger partial charge in [-0.1, -0.05) is 0 Å². The molecule has 14 heteroatoms. The summed E-state index contributed by atoms with van der Waals surface area (Å²) in [6.07, 6.45) is 0.243. The van der Waals surface area contributed by atoms with Gasteiger partial charge in [0.05, 0.1) is 6.42 Å². The van der Waals surface area contributed by atoms with E-state index in [0.717, 1.165) is 10.9 Å². The Bertz CT molecular complexity index is 1450. The molecule has 1 fully saturated rings. The molecule has 1 aromatic heterocycles. The molecular formula is C28H35N5O9. The molecule has 42 heavy (non-hydrogen) atoms. The first-order chi connectivity index (χ1) is 19.8. The normalized spacial score (nSPS) is 16.7. The van der Waals surface area contributed by atoms with E-state index in [1.54, 1.807) is 19.1 Å². The third kappa shape index (κ3) is 8.15. The van der Waals surface area contributed by atoms with Crippen LogP contribution in [0.15, 0.2) is 33.5 Å². The van der Waals surface area contributed by atoms with Crippen LogP contribution >= 0.6 is 0 Å². The van der Waals surface area contributed by atoms with Crippen molar-refractivity contribution >= 4 is 52.2 Å². The average Bonchev–Trinajstić information content (AvgIpc) is 3.41. The summed E-state index contributed by atoms with van der Waals surface area (Å²) in [6, 6.07) is 2.42.